The van der Waals surface area contributed by atoms with Crippen LogP contribution in [-0.2, 0) is 23.1 Å². The van der Waals surface area contributed by atoms with Crippen LogP contribution >= 0.6 is 0 Å². The van der Waals surface area contributed by atoms with E-state index in [0.717, 1.165) is 30.8 Å². The van der Waals surface area contributed by atoms with E-state index in [0.29, 0.717) is 19.6 Å². The summed E-state index contributed by atoms with van der Waals surface area (Å²) < 4.78 is 26.7. The largest absolute Gasteiger partial charge is 0.334 e. The van der Waals surface area contributed by atoms with Crippen molar-refractivity contribution in [2.75, 3.05) is 26.2 Å². The molecule has 2 amide bonds. The lowest BCUT2D eigenvalue weighted by molar-refractivity contribution is 0.237. The number of hydrogen-bond donors (Lipinski definition) is 2. The maximum Gasteiger partial charge on any atom is 0.315 e. The average Bonchev–Trinajstić information content (AvgIpc) is 2.82. The number of urea groups is 1. The molecule has 8 heteroatoms. The number of carbonyl (C=O) groups is 1. The Morgan fingerprint density at radius 2 is 1.45 bits per heavy atom. The van der Waals surface area contributed by atoms with E-state index in [4.69, 9.17) is 0 Å². The zero-order valence-corrected chi connectivity index (χ0v) is 21.3. The zero-order chi connectivity index (χ0) is 24.4. The first-order chi connectivity index (χ1) is 15.8. The molecule has 2 rings (SSSR count). The quantitative estimate of drug-likeness (QED) is 0.485. The predicted octanol–water partition coefficient (Wildman–Crippen LogP) is 4.12. The summed E-state index contributed by atoms with van der Waals surface area (Å²) in [6.07, 6.45) is 0. The average molecular weight is 475 g/mol. The third-order valence-corrected chi connectivity index (χ3v) is 7.98. The van der Waals surface area contributed by atoms with Crippen molar-refractivity contribution in [3.8, 4) is 0 Å². The Labute approximate surface area is 199 Å². The van der Waals surface area contributed by atoms with Gasteiger partial charge in [-0.3, -0.25) is 4.90 Å². The Bertz CT molecular complexity index is 985. The van der Waals surface area contributed by atoms with Gasteiger partial charge in [-0.15, -0.1) is 0 Å². The molecule has 0 bridgehead atoms. The monoisotopic (exact) mass is 474 g/mol. The number of amides is 2. The van der Waals surface area contributed by atoms with Gasteiger partial charge in [0, 0.05) is 26.2 Å². The lowest BCUT2D eigenvalue weighted by atomic mass is 10.1. The van der Waals surface area contributed by atoms with Crippen LogP contribution < -0.4 is 10.6 Å². The first kappa shape index (κ1) is 26.8. The number of benzene rings is 2. The normalized spacial score (nSPS) is 12.7. The fourth-order valence-electron chi connectivity index (χ4n) is 3.72. The minimum atomic E-state index is -3.49. The molecule has 0 unspecified atom stereocenters. The third kappa shape index (κ3) is 7.28. The second-order valence-electron chi connectivity index (χ2n) is 7.94. The van der Waals surface area contributed by atoms with Crippen LogP contribution in [0.25, 0.3) is 0 Å². The number of nitrogens with one attached hydrogen (secondary N) is 2. The fourth-order valence-corrected chi connectivity index (χ4v) is 5.18. The molecule has 0 spiro atoms. The van der Waals surface area contributed by atoms with Crippen LogP contribution in [0.2, 0.25) is 0 Å². The molecule has 182 valence electrons. The second kappa shape index (κ2) is 12.7. The highest BCUT2D eigenvalue weighted by Gasteiger charge is 2.21. The molecule has 7 nitrogen and oxygen atoms in total. The zero-order valence-electron chi connectivity index (χ0n) is 20.5. The van der Waals surface area contributed by atoms with E-state index in [-0.39, 0.29) is 17.0 Å². The van der Waals surface area contributed by atoms with Gasteiger partial charge in [0.15, 0.2) is 0 Å². The fraction of sp³-hybridized carbons (Fsp3) is 0.480. The van der Waals surface area contributed by atoms with Crippen molar-refractivity contribution in [1.82, 2.24) is 19.8 Å². The molecule has 2 aromatic rings. The van der Waals surface area contributed by atoms with E-state index in [1.165, 1.54) is 9.87 Å². The number of rotatable bonds is 12. The van der Waals surface area contributed by atoms with Gasteiger partial charge in [-0.1, -0.05) is 64.1 Å². The standard InChI is InChI=1S/C25H38N4O3S/c1-6-28(7-2)19-23-13-11-10-12-22(23)18-26-25(30)27-20(5)21-14-16-24(17-15-21)33(31,32)29(8-3)9-4/h10-17,20H,6-9,18-19H2,1-5H3,(H2,26,27,30)/t20-/m1/s1. The molecule has 0 aliphatic rings. The van der Waals surface area contributed by atoms with E-state index in [1.807, 2.05) is 39.0 Å². The minimum absolute atomic E-state index is 0.261. The minimum Gasteiger partial charge on any atom is -0.334 e. The first-order valence-corrected chi connectivity index (χ1v) is 13.1. The van der Waals surface area contributed by atoms with Gasteiger partial charge in [0.25, 0.3) is 0 Å². The lowest BCUT2D eigenvalue weighted by Gasteiger charge is -2.21. The van der Waals surface area contributed by atoms with Crippen LogP contribution in [0.15, 0.2) is 53.4 Å². The van der Waals surface area contributed by atoms with Gasteiger partial charge in [-0.2, -0.15) is 4.31 Å². The summed E-state index contributed by atoms with van der Waals surface area (Å²) in [5.41, 5.74) is 3.14. The maximum absolute atomic E-state index is 12.6. The summed E-state index contributed by atoms with van der Waals surface area (Å²) in [7, 11) is -3.49. The molecule has 0 aromatic heterocycles. The van der Waals surface area contributed by atoms with Gasteiger partial charge < -0.3 is 10.6 Å². The summed E-state index contributed by atoms with van der Waals surface area (Å²) in [4.78, 5) is 15.1. The van der Waals surface area contributed by atoms with Crippen molar-refractivity contribution in [2.45, 2.75) is 58.6 Å². The lowest BCUT2D eigenvalue weighted by Crippen LogP contribution is -2.37. The van der Waals surface area contributed by atoms with E-state index in [2.05, 4.69) is 35.4 Å². The van der Waals surface area contributed by atoms with Gasteiger partial charge in [0.1, 0.15) is 0 Å². The van der Waals surface area contributed by atoms with Crippen molar-refractivity contribution in [1.29, 1.82) is 0 Å². The van der Waals surface area contributed by atoms with Gasteiger partial charge in [-0.05, 0) is 48.8 Å². The van der Waals surface area contributed by atoms with Gasteiger partial charge in [-0.25, -0.2) is 13.2 Å². The Kier molecular flexibility index (Phi) is 10.3. The molecule has 1 atom stereocenters. The van der Waals surface area contributed by atoms with Crippen molar-refractivity contribution < 1.29 is 13.2 Å². The molecule has 0 aliphatic carbocycles. The van der Waals surface area contributed by atoms with Crippen molar-refractivity contribution in [3.63, 3.8) is 0 Å². The number of nitrogens with zero attached hydrogens (tertiary/aromatic N) is 2. The van der Waals surface area contributed by atoms with Crippen LogP contribution in [0.5, 0.6) is 0 Å². The van der Waals surface area contributed by atoms with Crippen molar-refractivity contribution >= 4 is 16.1 Å². The molecule has 0 heterocycles. The van der Waals surface area contributed by atoms with Crippen LogP contribution in [0, 0.1) is 0 Å². The first-order valence-electron chi connectivity index (χ1n) is 11.7. The molecular weight excluding hydrogens is 436 g/mol. The second-order valence-corrected chi connectivity index (χ2v) is 9.88. The third-order valence-electron chi connectivity index (χ3n) is 5.92. The van der Waals surface area contributed by atoms with E-state index >= 15 is 0 Å². The SMILES string of the molecule is CCN(CC)Cc1ccccc1CNC(=O)N[C@H](C)c1ccc(S(=O)(=O)N(CC)CC)cc1. The molecule has 33 heavy (non-hydrogen) atoms. The van der Waals surface area contributed by atoms with Gasteiger partial charge in [0.05, 0.1) is 10.9 Å². The van der Waals surface area contributed by atoms with Crippen LogP contribution in [0.4, 0.5) is 4.79 Å². The molecule has 0 saturated heterocycles. The maximum atomic E-state index is 12.6. The molecule has 0 aliphatic heterocycles. The summed E-state index contributed by atoms with van der Waals surface area (Å²) in [5.74, 6) is 0. The number of hydrogen-bond acceptors (Lipinski definition) is 4. The van der Waals surface area contributed by atoms with Crippen LogP contribution in [-0.4, -0.2) is 49.8 Å². The molecular formula is C25H38N4O3S. The summed E-state index contributed by atoms with van der Waals surface area (Å²) >= 11 is 0. The highest BCUT2D eigenvalue weighted by molar-refractivity contribution is 7.89. The molecule has 0 fully saturated rings. The summed E-state index contributed by atoms with van der Waals surface area (Å²) in [5, 5.41) is 5.88. The van der Waals surface area contributed by atoms with Crippen LogP contribution in [0.1, 0.15) is 57.4 Å². The van der Waals surface area contributed by atoms with E-state index < -0.39 is 10.0 Å². The smallest absolute Gasteiger partial charge is 0.315 e. The number of sulfonamides is 1. The highest BCUT2D eigenvalue weighted by atomic mass is 32.2. The molecule has 2 aromatic carbocycles. The Morgan fingerprint density at radius 1 is 0.879 bits per heavy atom. The van der Waals surface area contributed by atoms with Gasteiger partial charge in [0.2, 0.25) is 10.0 Å². The van der Waals surface area contributed by atoms with E-state index in [1.54, 1.807) is 24.3 Å². The predicted molar refractivity (Wildman–Crippen MR) is 133 cm³/mol. The molecule has 0 radical (unpaired) electrons. The van der Waals surface area contributed by atoms with Crippen LogP contribution in [0.3, 0.4) is 0 Å². The highest BCUT2D eigenvalue weighted by Crippen LogP contribution is 2.19. The Balaban J connectivity index is 1.98. The Morgan fingerprint density at radius 3 is 2.00 bits per heavy atom. The Hall–Kier alpha value is -2.42. The molecule has 2 N–H and O–H groups in total. The van der Waals surface area contributed by atoms with Gasteiger partial charge >= 0.3 is 6.03 Å². The van der Waals surface area contributed by atoms with Crippen molar-refractivity contribution in [2.24, 2.45) is 0 Å². The topological polar surface area (TPSA) is 81.8 Å². The van der Waals surface area contributed by atoms with E-state index in [9.17, 15) is 13.2 Å². The summed E-state index contributed by atoms with van der Waals surface area (Å²) in [6.45, 7) is 13.9. The summed E-state index contributed by atoms with van der Waals surface area (Å²) in [6, 6.07) is 14.3. The number of carbonyl (C=O) groups excluding carboxylic acids is 1. The van der Waals surface area contributed by atoms with Crippen molar-refractivity contribution in [3.05, 3.63) is 65.2 Å². The molecule has 0 saturated carbocycles.